The molecular weight excluding hydrogens is 524 g/mol. The first kappa shape index (κ1) is 29.2. The number of halogens is 1. The summed E-state index contributed by atoms with van der Waals surface area (Å²) in [6.45, 7) is 11.4. The van der Waals surface area contributed by atoms with E-state index in [1.165, 1.54) is 12.7 Å². The maximum absolute atomic E-state index is 13.0. The summed E-state index contributed by atoms with van der Waals surface area (Å²) < 4.78 is 13.0. The van der Waals surface area contributed by atoms with Gasteiger partial charge in [-0.3, -0.25) is 4.79 Å². The number of ether oxygens (including phenoxy) is 2. The molecule has 4 rings (SSSR count). The number of esters is 1. The zero-order chi connectivity index (χ0) is 29.0. The zero-order valence-electron chi connectivity index (χ0n) is 24.0. The molecule has 40 heavy (non-hydrogen) atoms. The van der Waals surface area contributed by atoms with E-state index >= 15 is 0 Å². The molecule has 0 bridgehead atoms. The van der Waals surface area contributed by atoms with Crippen LogP contribution in [-0.2, 0) is 22.6 Å². The number of rotatable bonds is 10. The van der Waals surface area contributed by atoms with Crippen molar-refractivity contribution < 1.29 is 19.1 Å². The van der Waals surface area contributed by atoms with Crippen molar-refractivity contribution in [3.8, 4) is 5.75 Å². The quantitative estimate of drug-likeness (QED) is 0.206. The number of aromatic nitrogens is 1. The zero-order valence-corrected chi connectivity index (χ0v) is 24.8. The molecule has 0 aliphatic heterocycles. The summed E-state index contributed by atoms with van der Waals surface area (Å²) in [6, 6.07) is 19.8. The number of carbonyl (C=O) groups excluding carboxylic acids is 2. The molecule has 0 saturated heterocycles. The Hall–Kier alpha value is -3.77. The van der Waals surface area contributed by atoms with Gasteiger partial charge < -0.3 is 19.4 Å². The maximum atomic E-state index is 13.0. The molecule has 210 valence electrons. The van der Waals surface area contributed by atoms with Crippen molar-refractivity contribution in [1.29, 1.82) is 0 Å². The molecule has 0 aliphatic rings. The Bertz CT molecular complexity index is 1540. The number of amides is 1. The number of fused-ring (bicyclic) bond motifs is 1. The van der Waals surface area contributed by atoms with E-state index in [9.17, 15) is 9.59 Å². The van der Waals surface area contributed by atoms with E-state index < -0.39 is 12.1 Å². The fourth-order valence-corrected chi connectivity index (χ4v) is 5.01. The fraction of sp³-hybridized carbons (Fsp3) is 0.333. The van der Waals surface area contributed by atoms with Gasteiger partial charge in [-0.05, 0) is 78.8 Å². The summed E-state index contributed by atoms with van der Waals surface area (Å²) in [5.41, 5.74) is 7.21. The molecule has 1 heterocycles. The number of benzene rings is 3. The Balaban J connectivity index is 1.55. The number of nitrogens with zero attached hydrogens (tertiary/aromatic N) is 1. The van der Waals surface area contributed by atoms with Gasteiger partial charge in [-0.15, -0.1) is 0 Å². The van der Waals surface area contributed by atoms with Crippen LogP contribution in [0.15, 0.2) is 60.7 Å². The topological polar surface area (TPSA) is 69.6 Å². The van der Waals surface area contributed by atoms with Crippen molar-refractivity contribution in [2.24, 2.45) is 0 Å². The molecule has 1 amide bonds. The third-order valence-electron chi connectivity index (χ3n) is 7.41. The molecule has 0 fully saturated rings. The van der Waals surface area contributed by atoms with Gasteiger partial charge in [0.15, 0.2) is 6.10 Å². The number of aryl methyl sites for hydroxylation is 1. The highest BCUT2D eigenvalue weighted by atomic mass is 35.5. The Labute approximate surface area is 241 Å². The third kappa shape index (κ3) is 6.34. The van der Waals surface area contributed by atoms with Gasteiger partial charge in [-0.1, -0.05) is 62.7 Å². The highest BCUT2D eigenvalue weighted by molar-refractivity contribution is 6.32. The number of methoxy groups -OCH3 is 1. The first-order valence-corrected chi connectivity index (χ1v) is 14.0. The monoisotopic (exact) mass is 560 g/mol. The molecular formula is C33H37ClN2O4. The lowest BCUT2D eigenvalue weighted by Gasteiger charge is -2.17. The lowest BCUT2D eigenvalue weighted by atomic mass is 10.0. The van der Waals surface area contributed by atoms with Crippen LogP contribution in [0.2, 0.25) is 5.02 Å². The standard InChI is InChI=1S/C33H37ClN2O4/c1-7-30(33(38)39-6)40-31-16-24(11-13-28(31)34)19-36-22(5)21(4)27-17-26(12-14-29(27)36)32(37)35-18-23-9-8-10-25(15-23)20(2)3/h8-17,20,30H,7,18-19H2,1-6H3,(H,35,37). The average Bonchev–Trinajstić information content (AvgIpc) is 3.19. The fourth-order valence-electron chi connectivity index (χ4n) is 4.84. The highest BCUT2D eigenvalue weighted by Gasteiger charge is 2.21. The number of carbonyl (C=O) groups is 2. The van der Waals surface area contributed by atoms with Gasteiger partial charge in [0.25, 0.3) is 5.91 Å². The second-order valence-corrected chi connectivity index (χ2v) is 10.8. The van der Waals surface area contributed by atoms with Gasteiger partial charge in [0.2, 0.25) is 0 Å². The predicted octanol–water partition coefficient (Wildman–Crippen LogP) is 7.34. The predicted molar refractivity (Wildman–Crippen MR) is 160 cm³/mol. The number of hydrogen-bond acceptors (Lipinski definition) is 4. The molecule has 4 aromatic rings. The molecule has 3 aromatic carbocycles. The molecule has 1 N–H and O–H groups in total. The molecule has 0 aliphatic carbocycles. The molecule has 6 nitrogen and oxygen atoms in total. The highest BCUT2D eigenvalue weighted by Crippen LogP contribution is 2.31. The average molecular weight is 561 g/mol. The van der Waals surface area contributed by atoms with Crippen molar-refractivity contribution in [3.05, 3.63) is 99.2 Å². The molecule has 1 atom stereocenters. The number of hydrogen-bond donors (Lipinski definition) is 1. The van der Waals surface area contributed by atoms with Crippen molar-refractivity contribution >= 4 is 34.4 Å². The molecule has 7 heteroatoms. The first-order valence-electron chi connectivity index (χ1n) is 13.6. The Morgan fingerprint density at radius 3 is 2.48 bits per heavy atom. The Morgan fingerprint density at radius 2 is 1.77 bits per heavy atom. The van der Waals surface area contributed by atoms with Crippen molar-refractivity contribution in [2.75, 3.05) is 7.11 Å². The molecule has 0 spiro atoms. The molecule has 1 unspecified atom stereocenters. The van der Waals surface area contributed by atoms with E-state index in [0.717, 1.165) is 33.3 Å². The van der Waals surface area contributed by atoms with Crippen LogP contribution in [0.4, 0.5) is 0 Å². The second-order valence-electron chi connectivity index (χ2n) is 10.4. The summed E-state index contributed by atoms with van der Waals surface area (Å²) in [5.74, 6) is 0.349. The minimum absolute atomic E-state index is 0.0998. The van der Waals surface area contributed by atoms with Crippen LogP contribution in [0.5, 0.6) is 5.75 Å². The third-order valence-corrected chi connectivity index (χ3v) is 7.72. The van der Waals surface area contributed by atoms with Gasteiger partial charge >= 0.3 is 5.97 Å². The van der Waals surface area contributed by atoms with E-state index in [4.69, 9.17) is 21.1 Å². The minimum Gasteiger partial charge on any atom is -0.477 e. The first-order chi connectivity index (χ1) is 19.1. The smallest absolute Gasteiger partial charge is 0.347 e. The van der Waals surface area contributed by atoms with E-state index in [1.807, 2.05) is 49.4 Å². The van der Waals surface area contributed by atoms with E-state index in [-0.39, 0.29) is 5.91 Å². The van der Waals surface area contributed by atoms with Crippen LogP contribution in [0, 0.1) is 13.8 Å². The van der Waals surface area contributed by atoms with Crippen molar-refractivity contribution in [3.63, 3.8) is 0 Å². The molecule has 0 radical (unpaired) electrons. The largest absolute Gasteiger partial charge is 0.477 e. The van der Waals surface area contributed by atoms with Crippen molar-refractivity contribution in [2.45, 2.75) is 66.2 Å². The van der Waals surface area contributed by atoms with E-state index in [1.54, 1.807) is 6.07 Å². The van der Waals surface area contributed by atoms with Gasteiger partial charge in [0.05, 0.1) is 12.1 Å². The second kappa shape index (κ2) is 12.6. The van der Waals surface area contributed by atoms with Gasteiger partial charge in [0.1, 0.15) is 5.75 Å². The lowest BCUT2D eigenvalue weighted by molar-refractivity contribution is -0.148. The van der Waals surface area contributed by atoms with Gasteiger partial charge in [-0.25, -0.2) is 4.79 Å². The summed E-state index contributed by atoms with van der Waals surface area (Å²) in [5, 5.41) is 4.54. The van der Waals surface area contributed by atoms with Crippen LogP contribution in [-0.4, -0.2) is 29.7 Å². The summed E-state index contributed by atoms with van der Waals surface area (Å²) in [4.78, 5) is 25.1. The van der Waals surface area contributed by atoms with Gasteiger partial charge in [-0.2, -0.15) is 0 Å². The van der Waals surface area contributed by atoms with E-state index in [2.05, 4.69) is 49.7 Å². The Kier molecular flexibility index (Phi) is 9.21. The van der Waals surface area contributed by atoms with Gasteiger partial charge in [0, 0.05) is 35.2 Å². The summed E-state index contributed by atoms with van der Waals surface area (Å²) >= 11 is 6.39. The number of nitrogens with one attached hydrogen (secondary N) is 1. The van der Waals surface area contributed by atoms with Crippen LogP contribution in [0.25, 0.3) is 10.9 Å². The summed E-state index contributed by atoms with van der Waals surface area (Å²) in [6.07, 6.45) is -0.258. The van der Waals surface area contributed by atoms with Crippen LogP contribution >= 0.6 is 11.6 Å². The Morgan fingerprint density at radius 1 is 1.00 bits per heavy atom. The summed E-state index contributed by atoms with van der Waals surface area (Å²) in [7, 11) is 1.34. The minimum atomic E-state index is -0.724. The maximum Gasteiger partial charge on any atom is 0.347 e. The molecule has 0 saturated carbocycles. The normalized spacial score (nSPS) is 12.0. The van der Waals surface area contributed by atoms with Crippen LogP contribution in [0.3, 0.4) is 0 Å². The lowest BCUT2D eigenvalue weighted by Crippen LogP contribution is -2.27. The van der Waals surface area contributed by atoms with Crippen LogP contribution in [0.1, 0.15) is 71.4 Å². The SMILES string of the molecule is CCC(Oc1cc(Cn2c(C)c(C)c3cc(C(=O)NCc4cccc(C(C)C)c4)ccc32)ccc1Cl)C(=O)OC. The van der Waals surface area contributed by atoms with Crippen LogP contribution < -0.4 is 10.1 Å². The van der Waals surface area contributed by atoms with Crippen molar-refractivity contribution in [1.82, 2.24) is 9.88 Å². The van der Waals surface area contributed by atoms with E-state index in [0.29, 0.717) is 41.8 Å². The molecule has 1 aromatic heterocycles.